The SMILES string of the molecule is C=CCn1c(O)c(C(C)=NC2CCCCC2N)c(=O)[nH]c1=O. The Morgan fingerprint density at radius 2 is 2.18 bits per heavy atom. The molecule has 1 aromatic heterocycles. The molecule has 1 heterocycles. The van der Waals surface area contributed by atoms with Gasteiger partial charge in [-0.2, -0.15) is 0 Å². The van der Waals surface area contributed by atoms with Gasteiger partial charge in [-0.3, -0.25) is 19.3 Å². The van der Waals surface area contributed by atoms with Crippen molar-refractivity contribution in [3.8, 4) is 5.88 Å². The van der Waals surface area contributed by atoms with Crippen molar-refractivity contribution in [1.29, 1.82) is 0 Å². The van der Waals surface area contributed by atoms with Gasteiger partial charge < -0.3 is 10.8 Å². The summed E-state index contributed by atoms with van der Waals surface area (Å²) in [5.74, 6) is -0.390. The molecule has 2 atom stereocenters. The van der Waals surface area contributed by atoms with E-state index in [1.54, 1.807) is 6.92 Å². The van der Waals surface area contributed by atoms with Crippen molar-refractivity contribution in [1.82, 2.24) is 9.55 Å². The highest BCUT2D eigenvalue weighted by Gasteiger charge is 2.23. The monoisotopic (exact) mass is 306 g/mol. The summed E-state index contributed by atoms with van der Waals surface area (Å²) in [5.41, 5.74) is 5.14. The first-order chi connectivity index (χ1) is 10.5. The number of aromatic nitrogens is 2. The smallest absolute Gasteiger partial charge is 0.331 e. The average Bonchev–Trinajstić information content (AvgIpc) is 2.45. The van der Waals surface area contributed by atoms with Gasteiger partial charge in [-0.1, -0.05) is 18.9 Å². The molecule has 0 aliphatic heterocycles. The molecule has 1 aliphatic carbocycles. The normalized spacial score (nSPS) is 22.5. The highest BCUT2D eigenvalue weighted by Crippen LogP contribution is 2.21. The fourth-order valence-electron chi connectivity index (χ4n) is 2.80. The van der Waals surface area contributed by atoms with Crippen LogP contribution >= 0.6 is 0 Å². The van der Waals surface area contributed by atoms with Crippen LogP contribution in [0.5, 0.6) is 5.88 Å². The van der Waals surface area contributed by atoms with Gasteiger partial charge in [0.1, 0.15) is 5.56 Å². The van der Waals surface area contributed by atoms with Crippen LogP contribution in [0.2, 0.25) is 0 Å². The molecule has 0 bridgehead atoms. The number of aromatic amines is 1. The van der Waals surface area contributed by atoms with Gasteiger partial charge >= 0.3 is 5.69 Å². The van der Waals surface area contributed by atoms with Gasteiger partial charge in [-0.15, -0.1) is 6.58 Å². The van der Waals surface area contributed by atoms with Crippen LogP contribution in [0.25, 0.3) is 0 Å². The Balaban J connectivity index is 2.47. The fraction of sp³-hybridized carbons (Fsp3) is 0.533. The number of allylic oxidation sites excluding steroid dienone is 1. The highest BCUT2D eigenvalue weighted by molar-refractivity contribution is 6.00. The molecule has 0 aromatic carbocycles. The van der Waals surface area contributed by atoms with Crippen LogP contribution in [-0.2, 0) is 6.54 Å². The van der Waals surface area contributed by atoms with E-state index in [0.717, 1.165) is 30.3 Å². The Hall–Kier alpha value is -2.15. The third-order valence-electron chi connectivity index (χ3n) is 3.99. The third kappa shape index (κ3) is 3.19. The number of hydrogen-bond donors (Lipinski definition) is 3. The summed E-state index contributed by atoms with van der Waals surface area (Å²) in [6.45, 7) is 5.28. The lowest BCUT2D eigenvalue weighted by molar-refractivity contribution is 0.386. The van der Waals surface area contributed by atoms with E-state index in [2.05, 4.69) is 16.6 Å². The molecule has 0 radical (unpaired) electrons. The molecule has 0 saturated heterocycles. The first-order valence-corrected chi connectivity index (χ1v) is 7.43. The lowest BCUT2D eigenvalue weighted by Crippen LogP contribution is -2.38. The number of rotatable bonds is 4. The van der Waals surface area contributed by atoms with E-state index in [9.17, 15) is 14.7 Å². The largest absolute Gasteiger partial charge is 0.494 e. The van der Waals surface area contributed by atoms with E-state index in [-0.39, 0.29) is 30.1 Å². The first-order valence-electron chi connectivity index (χ1n) is 7.43. The van der Waals surface area contributed by atoms with Crippen molar-refractivity contribution in [2.45, 2.75) is 51.2 Å². The number of nitrogens with two attached hydrogens (primary N) is 1. The standard InChI is InChI=1S/C15H22N4O3/c1-3-8-19-14(21)12(13(20)18-15(19)22)9(2)17-11-7-5-4-6-10(11)16/h3,10-11,21H,1,4-8,16H2,2H3,(H,18,20,22). The summed E-state index contributed by atoms with van der Waals surface area (Å²) in [6.07, 6.45) is 5.37. The number of aromatic hydroxyl groups is 1. The minimum absolute atomic E-state index is 0.0132. The van der Waals surface area contributed by atoms with Gasteiger partial charge in [-0.05, 0) is 19.8 Å². The molecule has 4 N–H and O–H groups in total. The second kappa shape index (κ2) is 6.74. The summed E-state index contributed by atoms with van der Waals surface area (Å²) >= 11 is 0. The van der Waals surface area contributed by atoms with Crippen LogP contribution in [0.15, 0.2) is 27.2 Å². The molecule has 0 amide bonds. The van der Waals surface area contributed by atoms with E-state index in [4.69, 9.17) is 5.73 Å². The number of nitrogens with zero attached hydrogens (tertiary/aromatic N) is 2. The molecular formula is C15H22N4O3. The van der Waals surface area contributed by atoms with Gasteiger partial charge in [0.05, 0.1) is 11.8 Å². The topological polar surface area (TPSA) is 113 Å². The minimum atomic E-state index is -0.673. The molecule has 1 aliphatic rings. The maximum Gasteiger partial charge on any atom is 0.331 e. The fourth-order valence-corrected chi connectivity index (χ4v) is 2.80. The molecule has 2 rings (SSSR count). The molecule has 1 fully saturated rings. The molecular weight excluding hydrogens is 284 g/mol. The number of nitrogens with one attached hydrogen (secondary N) is 1. The maximum atomic E-state index is 12.0. The minimum Gasteiger partial charge on any atom is -0.494 e. The van der Waals surface area contributed by atoms with Gasteiger partial charge in [0.15, 0.2) is 0 Å². The van der Waals surface area contributed by atoms with E-state index >= 15 is 0 Å². The summed E-state index contributed by atoms with van der Waals surface area (Å²) in [6, 6.07) is -0.101. The van der Waals surface area contributed by atoms with Crippen LogP contribution in [0.4, 0.5) is 0 Å². The Morgan fingerprint density at radius 3 is 2.82 bits per heavy atom. The van der Waals surface area contributed by atoms with Crippen LogP contribution in [-0.4, -0.2) is 32.5 Å². The third-order valence-corrected chi connectivity index (χ3v) is 3.99. The highest BCUT2D eigenvalue weighted by atomic mass is 16.3. The molecule has 1 saturated carbocycles. The number of aliphatic imine (C=N–C) groups is 1. The van der Waals surface area contributed by atoms with Gasteiger partial charge in [0, 0.05) is 12.6 Å². The van der Waals surface area contributed by atoms with Crippen molar-refractivity contribution in [2.24, 2.45) is 10.7 Å². The first kappa shape index (κ1) is 16.2. The molecule has 120 valence electrons. The summed E-state index contributed by atoms with van der Waals surface area (Å²) < 4.78 is 1.05. The molecule has 7 nitrogen and oxygen atoms in total. The summed E-state index contributed by atoms with van der Waals surface area (Å²) in [4.78, 5) is 30.4. The second-order valence-corrected chi connectivity index (χ2v) is 5.59. The van der Waals surface area contributed by atoms with Crippen LogP contribution in [0, 0.1) is 0 Å². The van der Waals surface area contributed by atoms with E-state index in [0.29, 0.717) is 5.71 Å². The van der Waals surface area contributed by atoms with Crippen LogP contribution < -0.4 is 17.0 Å². The second-order valence-electron chi connectivity index (χ2n) is 5.59. The molecule has 7 heteroatoms. The van der Waals surface area contributed by atoms with Crippen LogP contribution in [0.1, 0.15) is 38.2 Å². The lowest BCUT2D eigenvalue weighted by atomic mass is 9.91. The van der Waals surface area contributed by atoms with Crippen molar-refractivity contribution < 1.29 is 5.11 Å². The summed E-state index contributed by atoms with van der Waals surface area (Å²) in [5, 5.41) is 10.2. The Kier molecular flexibility index (Phi) is 4.97. The quantitative estimate of drug-likeness (QED) is 0.555. The molecule has 22 heavy (non-hydrogen) atoms. The molecule has 0 spiro atoms. The zero-order valence-electron chi connectivity index (χ0n) is 12.7. The van der Waals surface area contributed by atoms with Crippen molar-refractivity contribution in [3.05, 3.63) is 39.1 Å². The molecule has 1 aromatic rings. The van der Waals surface area contributed by atoms with Gasteiger partial charge in [-0.25, -0.2) is 4.79 Å². The lowest BCUT2D eigenvalue weighted by Gasteiger charge is -2.25. The zero-order chi connectivity index (χ0) is 16.3. The Bertz CT molecular complexity index is 702. The van der Waals surface area contributed by atoms with Crippen molar-refractivity contribution >= 4 is 5.71 Å². The number of H-pyrrole nitrogens is 1. The maximum absolute atomic E-state index is 12.0. The van der Waals surface area contributed by atoms with Gasteiger partial charge in [0.2, 0.25) is 5.88 Å². The Labute approximate surface area is 128 Å². The zero-order valence-corrected chi connectivity index (χ0v) is 12.7. The van der Waals surface area contributed by atoms with Crippen molar-refractivity contribution in [2.75, 3.05) is 0 Å². The van der Waals surface area contributed by atoms with Crippen LogP contribution in [0.3, 0.4) is 0 Å². The van der Waals surface area contributed by atoms with Gasteiger partial charge in [0.25, 0.3) is 5.56 Å². The van der Waals surface area contributed by atoms with Crippen molar-refractivity contribution in [3.63, 3.8) is 0 Å². The summed E-state index contributed by atoms with van der Waals surface area (Å²) in [7, 11) is 0. The van der Waals surface area contributed by atoms with E-state index in [1.807, 2.05) is 0 Å². The van der Waals surface area contributed by atoms with E-state index in [1.165, 1.54) is 6.08 Å². The molecule has 2 unspecified atom stereocenters. The Morgan fingerprint density at radius 1 is 1.50 bits per heavy atom. The number of hydrogen-bond acceptors (Lipinski definition) is 5. The predicted molar refractivity (Wildman–Crippen MR) is 85.6 cm³/mol. The average molecular weight is 306 g/mol. The van der Waals surface area contributed by atoms with E-state index < -0.39 is 11.2 Å². The predicted octanol–water partition coefficient (Wildman–Crippen LogP) is 0.507.